The van der Waals surface area contributed by atoms with Gasteiger partial charge in [0.05, 0.1) is 36.2 Å². The zero-order valence-electron chi connectivity index (χ0n) is 29.6. The van der Waals surface area contributed by atoms with Gasteiger partial charge in [0.15, 0.2) is 0 Å². The average molecular weight is 686 g/mol. The number of aliphatic hydroxyl groups excluding tert-OH is 2. The maximum atomic E-state index is 13.9. The molecule has 0 saturated carbocycles. The molecule has 12 heteroatoms. The second-order valence-electron chi connectivity index (χ2n) is 13.0. The van der Waals surface area contributed by atoms with E-state index in [1.54, 1.807) is 0 Å². The van der Waals surface area contributed by atoms with E-state index in [1.165, 1.54) is 7.11 Å². The number of aromatic amines is 2. The number of aryl methyl sites for hydroxylation is 3. The minimum absolute atomic E-state index is 0.0275. The molecule has 0 fully saturated rings. The molecule has 0 aliphatic carbocycles. The van der Waals surface area contributed by atoms with Crippen molar-refractivity contribution in [1.29, 1.82) is 0 Å². The van der Waals surface area contributed by atoms with E-state index in [0.29, 0.717) is 41.1 Å². The number of esters is 1. The summed E-state index contributed by atoms with van der Waals surface area (Å²) in [6.45, 7) is 10.1. The summed E-state index contributed by atoms with van der Waals surface area (Å²) in [5, 5.41) is 32.0. The van der Waals surface area contributed by atoms with Crippen LogP contribution >= 0.6 is 0 Å². The Balaban J connectivity index is 1.99. The number of nitrogens with one attached hydrogen (secondary N) is 3. The Morgan fingerprint density at radius 1 is 0.920 bits per heavy atom. The lowest BCUT2D eigenvalue weighted by molar-refractivity contribution is -0.140. The van der Waals surface area contributed by atoms with E-state index in [1.807, 2.05) is 32.9 Å². The van der Waals surface area contributed by atoms with E-state index in [2.05, 4.69) is 35.2 Å². The highest BCUT2D eigenvalue weighted by Crippen LogP contribution is 2.43. The fourth-order valence-electron chi connectivity index (χ4n) is 7.18. The maximum absolute atomic E-state index is 13.9. The van der Waals surface area contributed by atoms with Gasteiger partial charge in [-0.15, -0.1) is 0 Å². The Bertz CT molecular complexity index is 2020. The Morgan fingerprint density at radius 3 is 2.24 bits per heavy atom. The molecule has 0 radical (unpaired) electrons. The van der Waals surface area contributed by atoms with Gasteiger partial charge in [0.25, 0.3) is 5.91 Å². The largest absolute Gasteiger partial charge is 0.481 e. The average Bonchev–Trinajstić information content (AvgIpc) is 3.76. The number of hydrogen-bond acceptors (Lipinski definition) is 8. The topological polar surface area (TPSA) is 191 Å². The minimum Gasteiger partial charge on any atom is -0.481 e. The Morgan fingerprint density at radius 2 is 1.60 bits per heavy atom. The van der Waals surface area contributed by atoms with Crippen molar-refractivity contribution in [3.63, 3.8) is 0 Å². The van der Waals surface area contributed by atoms with Crippen molar-refractivity contribution >= 4 is 51.1 Å². The smallest absolute Gasteiger partial charge is 0.310 e. The first kappa shape index (κ1) is 36.5. The molecule has 2 atom stereocenters. The van der Waals surface area contributed by atoms with Crippen molar-refractivity contribution in [1.82, 2.24) is 25.3 Å². The van der Waals surface area contributed by atoms with Gasteiger partial charge < -0.3 is 35.3 Å². The van der Waals surface area contributed by atoms with Crippen molar-refractivity contribution in [2.75, 3.05) is 26.9 Å². The van der Waals surface area contributed by atoms with Crippen LogP contribution in [0.2, 0.25) is 0 Å². The summed E-state index contributed by atoms with van der Waals surface area (Å²) >= 11 is 0. The van der Waals surface area contributed by atoms with E-state index in [0.717, 1.165) is 50.7 Å². The van der Waals surface area contributed by atoms with Crippen LogP contribution < -0.4 is 5.32 Å². The van der Waals surface area contributed by atoms with Crippen LogP contribution in [0.15, 0.2) is 18.2 Å². The summed E-state index contributed by atoms with van der Waals surface area (Å²) in [5.41, 5.74) is 10.8. The molecule has 3 aromatic heterocycles. The molecule has 1 amide bonds. The number of carboxylic acids is 1. The summed E-state index contributed by atoms with van der Waals surface area (Å²) in [5.74, 6) is -2.55. The Kier molecular flexibility index (Phi) is 11.2. The molecule has 0 spiro atoms. The van der Waals surface area contributed by atoms with Crippen molar-refractivity contribution in [3.05, 3.63) is 68.8 Å². The molecule has 3 aromatic rings. The number of ether oxygens (including phenoxy) is 1. The predicted octanol–water partition coefficient (Wildman–Crippen LogP) is 4.93. The Hall–Kier alpha value is -4.81. The monoisotopic (exact) mass is 685 g/mol. The number of fused-ring (bicyclic) bond motifs is 8. The first-order valence-electron chi connectivity index (χ1n) is 17.2. The zero-order valence-corrected chi connectivity index (χ0v) is 29.6. The van der Waals surface area contributed by atoms with Gasteiger partial charge in [0.1, 0.15) is 0 Å². The minimum atomic E-state index is -0.953. The first-order valence-corrected chi connectivity index (χ1v) is 17.2. The lowest BCUT2D eigenvalue weighted by atomic mass is 9.84. The van der Waals surface area contributed by atoms with Gasteiger partial charge in [-0.2, -0.15) is 0 Å². The second-order valence-corrected chi connectivity index (χ2v) is 13.0. The number of aromatic nitrogens is 4. The van der Waals surface area contributed by atoms with Crippen LogP contribution in [0.3, 0.4) is 0 Å². The van der Waals surface area contributed by atoms with Crippen LogP contribution in [-0.4, -0.2) is 80.0 Å². The van der Waals surface area contributed by atoms with Crippen molar-refractivity contribution < 1.29 is 34.4 Å². The number of amides is 1. The van der Waals surface area contributed by atoms with E-state index in [4.69, 9.17) is 14.7 Å². The van der Waals surface area contributed by atoms with Gasteiger partial charge in [0, 0.05) is 71.3 Å². The molecule has 2 aliphatic rings. The maximum Gasteiger partial charge on any atom is 0.310 e. The predicted molar refractivity (Wildman–Crippen MR) is 192 cm³/mol. The second kappa shape index (κ2) is 15.4. The number of H-pyrrole nitrogens is 2. The van der Waals surface area contributed by atoms with Gasteiger partial charge >= 0.3 is 11.9 Å². The lowest BCUT2D eigenvalue weighted by Gasteiger charge is -2.18. The van der Waals surface area contributed by atoms with Gasteiger partial charge in [-0.25, -0.2) is 4.98 Å². The number of nitrogens with zero attached hydrogens (tertiary/aromatic N) is 2. The molecule has 0 aromatic carbocycles. The molecule has 2 aliphatic heterocycles. The van der Waals surface area contributed by atoms with Gasteiger partial charge in [-0.3, -0.25) is 19.4 Å². The fourth-order valence-corrected chi connectivity index (χ4v) is 7.18. The van der Waals surface area contributed by atoms with Crippen LogP contribution in [0.1, 0.15) is 102 Å². The number of allylic oxidation sites excluding steroid dienone is 1. The highest BCUT2D eigenvalue weighted by Gasteiger charge is 2.35. The first-order chi connectivity index (χ1) is 23.9. The lowest BCUT2D eigenvalue weighted by Crippen LogP contribution is -2.26. The number of carbonyl (C=O) groups excluding carboxylic acids is 2. The van der Waals surface area contributed by atoms with Gasteiger partial charge in [-0.1, -0.05) is 13.8 Å². The third-order valence-corrected chi connectivity index (χ3v) is 10.0. The third kappa shape index (κ3) is 7.08. The van der Waals surface area contributed by atoms with E-state index in [-0.39, 0.29) is 56.2 Å². The quantitative estimate of drug-likeness (QED) is 0.113. The third-order valence-electron chi connectivity index (χ3n) is 10.0. The molecular formula is C38H47N5O7. The van der Waals surface area contributed by atoms with Gasteiger partial charge in [0.2, 0.25) is 0 Å². The normalized spacial score (nSPS) is 15.8. The number of rotatable bonds is 12. The highest BCUT2D eigenvalue weighted by molar-refractivity contribution is 6.27. The molecule has 5 rings (SSSR count). The summed E-state index contributed by atoms with van der Waals surface area (Å²) in [6.07, 6.45) is 1.43. The number of hydrogen-bond donors (Lipinski definition) is 6. The van der Waals surface area contributed by atoms with Crippen LogP contribution in [0.5, 0.6) is 0 Å². The van der Waals surface area contributed by atoms with Gasteiger partial charge in [-0.05, 0) is 92.5 Å². The van der Waals surface area contributed by atoms with Crippen LogP contribution in [0.4, 0.5) is 0 Å². The molecule has 8 bridgehead atoms. The summed E-state index contributed by atoms with van der Waals surface area (Å²) in [6, 6.07) is 5.93. The molecule has 266 valence electrons. The van der Waals surface area contributed by atoms with Crippen LogP contribution in [-0.2, 0) is 38.4 Å². The molecule has 12 nitrogen and oxygen atoms in total. The van der Waals surface area contributed by atoms with Crippen molar-refractivity contribution in [3.8, 4) is 0 Å². The standard InChI is InChI=1S/C38H47N5O7/c1-7-23-19(2)28-17-32-24(11-14-45)20(3)27(41-32)16-29-21(4)25(9-10-33(46)47)36(42-29)26(15-34(48)50-6)37-35(38(49)39-12-8-13-44)22(5)30(43-37)18-31(23)40-28/h16-18,21,25,40-41,44-45H,7-15H2,1-6H3,(H,39,49)(H,46,47). The molecule has 0 saturated heterocycles. The van der Waals surface area contributed by atoms with Crippen LogP contribution in [0, 0.1) is 13.8 Å². The van der Waals surface area contributed by atoms with Crippen molar-refractivity contribution in [2.45, 2.75) is 85.0 Å². The number of methoxy groups -OCH3 is 1. The molecule has 50 heavy (non-hydrogen) atoms. The Labute approximate surface area is 291 Å². The van der Waals surface area contributed by atoms with E-state index in [9.17, 15) is 29.7 Å². The highest BCUT2D eigenvalue weighted by atomic mass is 16.5. The van der Waals surface area contributed by atoms with E-state index < -0.39 is 23.8 Å². The van der Waals surface area contributed by atoms with Crippen LogP contribution in [0.25, 0.3) is 33.2 Å². The summed E-state index contributed by atoms with van der Waals surface area (Å²) in [4.78, 5) is 56.1. The number of carboxylic acid groups (broad SMARTS) is 1. The molecule has 2 unspecified atom stereocenters. The number of carbonyl (C=O) groups is 3. The molecule has 5 heterocycles. The number of aliphatic hydroxyl groups is 2. The number of aliphatic carboxylic acids is 1. The van der Waals surface area contributed by atoms with Crippen molar-refractivity contribution in [2.24, 2.45) is 0 Å². The van der Waals surface area contributed by atoms with E-state index >= 15 is 0 Å². The molecular weight excluding hydrogens is 638 g/mol. The summed E-state index contributed by atoms with van der Waals surface area (Å²) in [7, 11) is 1.29. The fraction of sp³-hybridized carbons (Fsp3) is 0.447. The molecule has 6 N–H and O–H groups in total. The zero-order chi connectivity index (χ0) is 36.3. The summed E-state index contributed by atoms with van der Waals surface area (Å²) < 4.78 is 5.13. The SMILES string of the molecule is CCc1c(C)c2cc3[nH]c(cc4nc(c(CC(=O)OC)c5nc(cc1[nH]2)C(C)=C5C(=O)NCCCO)C(CCC(=O)O)C4C)c(C)c3CCO.